The lowest BCUT2D eigenvalue weighted by molar-refractivity contribution is -0.555. The molecule has 0 spiro atoms. The number of fused-ring (bicyclic) bond motifs is 2. The van der Waals surface area contributed by atoms with E-state index >= 15 is 0 Å². The van der Waals surface area contributed by atoms with E-state index < -0.39 is 4.45 Å². The molecule has 0 aromatic carbocycles. The molecule has 2 fully saturated rings. The molecule has 2 rings (SSSR count). The van der Waals surface area contributed by atoms with Gasteiger partial charge in [0.05, 0.1) is 5.41 Å². The average Bonchev–Trinajstić information content (AvgIpc) is 2.36. The number of alkyl halides is 1. The quantitative estimate of drug-likeness (QED) is 0.315. The highest BCUT2D eigenvalue weighted by molar-refractivity contribution is 9.10. The van der Waals surface area contributed by atoms with E-state index in [1.165, 1.54) is 0 Å². The molecule has 0 aromatic heterocycles. The normalized spacial score (nSPS) is 49.6. The molecule has 2 aliphatic carbocycles. The van der Waals surface area contributed by atoms with Crippen molar-refractivity contribution in [3.05, 3.63) is 10.1 Å². The first-order valence-corrected chi connectivity index (χ1v) is 5.88. The Hall–Kier alpha value is -0.120. The Labute approximate surface area is 92.5 Å². The van der Waals surface area contributed by atoms with Crippen molar-refractivity contribution in [2.75, 3.05) is 0 Å². The first-order chi connectivity index (χ1) is 6.26. The van der Waals surface area contributed by atoms with Gasteiger partial charge in [0.2, 0.25) is 0 Å². The Morgan fingerprint density at radius 2 is 2.00 bits per heavy atom. The third-order valence-electron chi connectivity index (χ3n) is 5.09. The molecule has 0 aromatic rings. The van der Waals surface area contributed by atoms with Gasteiger partial charge < -0.3 is 0 Å². The van der Waals surface area contributed by atoms with Crippen molar-refractivity contribution in [3.63, 3.8) is 0 Å². The van der Waals surface area contributed by atoms with Gasteiger partial charge in [0.15, 0.2) is 0 Å². The Morgan fingerprint density at radius 3 is 2.21 bits per heavy atom. The standard InChI is InChI=1S/C10H16BrNO2/c1-8(2)7-4-5-9(8,3)10(11,6-7)12(13)14/h7H,4-6H2,1-3H3/t7-,9-,10?/m1/s1. The maximum Gasteiger partial charge on any atom is 0.280 e. The highest BCUT2D eigenvalue weighted by atomic mass is 79.9. The second-order valence-electron chi connectivity index (χ2n) is 5.51. The molecule has 4 heteroatoms. The zero-order valence-electron chi connectivity index (χ0n) is 8.84. The molecule has 3 atom stereocenters. The maximum absolute atomic E-state index is 11.2. The van der Waals surface area contributed by atoms with E-state index in [2.05, 4.69) is 36.7 Å². The topological polar surface area (TPSA) is 43.1 Å². The van der Waals surface area contributed by atoms with E-state index in [9.17, 15) is 10.1 Å². The molecular formula is C10H16BrNO2. The fraction of sp³-hybridized carbons (Fsp3) is 1.00. The van der Waals surface area contributed by atoms with E-state index in [-0.39, 0.29) is 15.8 Å². The molecule has 0 aliphatic heterocycles. The van der Waals surface area contributed by atoms with E-state index in [1.54, 1.807) is 0 Å². The summed E-state index contributed by atoms with van der Waals surface area (Å²) < 4.78 is -0.883. The van der Waals surface area contributed by atoms with Crippen molar-refractivity contribution >= 4 is 15.9 Å². The Balaban J connectivity index is 2.50. The Morgan fingerprint density at radius 1 is 1.43 bits per heavy atom. The molecule has 0 N–H and O–H groups in total. The second-order valence-corrected chi connectivity index (χ2v) is 6.82. The SMILES string of the molecule is CC1(C)[C@@H]2CC[C@@]1(C)C(Br)([N+](=O)[O-])C2. The number of hydrogen-bond acceptors (Lipinski definition) is 2. The molecular weight excluding hydrogens is 246 g/mol. The molecule has 2 bridgehead atoms. The van der Waals surface area contributed by atoms with Crippen molar-refractivity contribution in [3.8, 4) is 0 Å². The molecule has 3 nitrogen and oxygen atoms in total. The predicted octanol–water partition coefficient (Wildman–Crippen LogP) is 3.20. The summed E-state index contributed by atoms with van der Waals surface area (Å²) in [4.78, 5) is 11.0. The zero-order valence-corrected chi connectivity index (χ0v) is 10.4. The summed E-state index contributed by atoms with van der Waals surface area (Å²) in [5, 5.41) is 11.2. The van der Waals surface area contributed by atoms with Gasteiger partial charge in [-0.15, -0.1) is 0 Å². The summed E-state index contributed by atoms with van der Waals surface area (Å²) in [7, 11) is 0. The van der Waals surface area contributed by atoms with Crippen molar-refractivity contribution in [1.82, 2.24) is 0 Å². The molecule has 14 heavy (non-hydrogen) atoms. The minimum Gasteiger partial charge on any atom is -0.263 e. The van der Waals surface area contributed by atoms with Gasteiger partial charge in [-0.2, -0.15) is 0 Å². The van der Waals surface area contributed by atoms with Gasteiger partial charge >= 0.3 is 0 Å². The fourth-order valence-corrected chi connectivity index (χ4v) is 4.57. The first-order valence-electron chi connectivity index (χ1n) is 5.09. The van der Waals surface area contributed by atoms with Gasteiger partial charge in [0.25, 0.3) is 4.45 Å². The summed E-state index contributed by atoms with van der Waals surface area (Å²) in [6.45, 7) is 6.42. The zero-order chi connectivity index (χ0) is 10.8. The lowest BCUT2D eigenvalue weighted by Crippen LogP contribution is -2.48. The first kappa shape index (κ1) is 10.4. The van der Waals surface area contributed by atoms with Gasteiger partial charge in [-0.1, -0.05) is 20.8 Å². The summed E-state index contributed by atoms with van der Waals surface area (Å²) in [6, 6.07) is 0. The molecule has 0 heterocycles. The highest BCUT2D eigenvalue weighted by Crippen LogP contribution is 2.72. The molecule has 0 amide bonds. The number of rotatable bonds is 1. The smallest absolute Gasteiger partial charge is 0.263 e. The molecule has 80 valence electrons. The van der Waals surface area contributed by atoms with Crippen LogP contribution in [0, 0.1) is 26.9 Å². The van der Waals surface area contributed by atoms with Crippen LogP contribution >= 0.6 is 15.9 Å². The van der Waals surface area contributed by atoms with Crippen molar-refractivity contribution in [1.29, 1.82) is 0 Å². The molecule has 2 aliphatic rings. The van der Waals surface area contributed by atoms with Crippen LogP contribution in [0.5, 0.6) is 0 Å². The summed E-state index contributed by atoms with van der Waals surface area (Å²) in [5.41, 5.74) is -0.113. The van der Waals surface area contributed by atoms with Crippen molar-refractivity contribution < 1.29 is 4.92 Å². The number of nitro groups is 1. The van der Waals surface area contributed by atoms with Gasteiger partial charge in [0.1, 0.15) is 0 Å². The third kappa shape index (κ3) is 0.841. The highest BCUT2D eigenvalue weighted by Gasteiger charge is 2.74. The number of nitrogens with zero attached hydrogens (tertiary/aromatic N) is 1. The van der Waals surface area contributed by atoms with Crippen LogP contribution in [0.25, 0.3) is 0 Å². The molecule has 0 radical (unpaired) electrons. The monoisotopic (exact) mass is 261 g/mol. The van der Waals surface area contributed by atoms with Gasteiger partial charge in [-0.25, -0.2) is 0 Å². The Kier molecular flexibility index (Phi) is 1.87. The largest absolute Gasteiger partial charge is 0.280 e. The van der Waals surface area contributed by atoms with E-state index in [1.807, 2.05) is 0 Å². The maximum atomic E-state index is 11.2. The number of halogens is 1. The van der Waals surface area contributed by atoms with Crippen LogP contribution in [-0.4, -0.2) is 9.37 Å². The van der Waals surface area contributed by atoms with Crippen LogP contribution in [0.15, 0.2) is 0 Å². The van der Waals surface area contributed by atoms with Crippen LogP contribution in [0.2, 0.25) is 0 Å². The van der Waals surface area contributed by atoms with E-state index in [0.29, 0.717) is 12.3 Å². The molecule has 2 saturated carbocycles. The molecule has 1 unspecified atom stereocenters. The second kappa shape index (κ2) is 2.52. The molecule has 0 saturated heterocycles. The van der Waals surface area contributed by atoms with Crippen LogP contribution < -0.4 is 0 Å². The van der Waals surface area contributed by atoms with Crippen LogP contribution in [0.3, 0.4) is 0 Å². The van der Waals surface area contributed by atoms with Crippen molar-refractivity contribution in [2.24, 2.45) is 16.7 Å². The van der Waals surface area contributed by atoms with Gasteiger partial charge in [-0.3, -0.25) is 10.1 Å². The minimum atomic E-state index is -0.883. The fourth-order valence-electron chi connectivity index (χ4n) is 3.47. The lowest BCUT2D eigenvalue weighted by atomic mass is 9.69. The third-order valence-corrected chi connectivity index (χ3v) is 6.58. The van der Waals surface area contributed by atoms with E-state index in [0.717, 1.165) is 12.8 Å². The minimum absolute atomic E-state index is 0.0869. The average molecular weight is 262 g/mol. The van der Waals surface area contributed by atoms with Gasteiger partial charge in [-0.05, 0) is 24.2 Å². The van der Waals surface area contributed by atoms with E-state index in [4.69, 9.17) is 0 Å². The summed E-state index contributed by atoms with van der Waals surface area (Å²) in [5.74, 6) is 0.497. The summed E-state index contributed by atoms with van der Waals surface area (Å²) >= 11 is 3.40. The number of hydrogen-bond donors (Lipinski definition) is 0. The van der Waals surface area contributed by atoms with Gasteiger partial charge in [0, 0.05) is 27.3 Å². The van der Waals surface area contributed by atoms with Crippen LogP contribution in [-0.2, 0) is 0 Å². The lowest BCUT2D eigenvalue weighted by Gasteiger charge is -2.38. The Bertz CT molecular complexity index is 304. The van der Waals surface area contributed by atoms with Crippen molar-refractivity contribution in [2.45, 2.75) is 44.5 Å². The predicted molar refractivity (Wildman–Crippen MR) is 57.9 cm³/mol. The summed E-state index contributed by atoms with van der Waals surface area (Å²) in [6.07, 6.45) is 2.80. The van der Waals surface area contributed by atoms with Crippen LogP contribution in [0.1, 0.15) is 40.0 Å². The van der Waals surface area contributed by atoms with Crippen LogP contribution in [0.4, 0.5) is 0 Å².